The van der Waals surface area contributed by atoms with E-state index in [-0.39, 0.29) is 19.1 Å². The summed E-state index contributed by atoms with van der Waals surface area (Å²) in [4.78, 5) is 12.8. The topological polar surface area (TPSA) is 66.6 Å². The van der Waals surface area contributed by atoms with Gasteiger partial charge in [-0.2, -0.15) is 0 Å². The van der Waals surface area contributed by atoms with Gasteiger partial charge in [-0.15, -0.1) is 0 Å². The molecule has 1 aromatic carbocycles. The molecule has 4 heteroatoms. The summed E-state index contributed by atoms with van der Waals surface area (Å²) in [5.74, 6) is -0.342. The summed E-state index contributed by atoms with van der Waals surface area (Å²) in [5.41, 5.74) is 8.05. The smallest absolute Gasteiger partial charge is 0.236 e. The molecule has 0 saturated heterocycles. The first-order valence-electron chi connectivity index (χ1n) is 5.32. The van der Waals surface area contributed by atoms with E-state index in [2.05, 4.69) is 0 Å². The maximum absolute atomic E-state index is 10.9. The summed E-state index contributed by atoms with van der Waals surface area (Å²) >= 11 is 0. The quantitative estimate of drug-likeness (QED) is 0.774. The fraction of sp³-hybridized carbons (Fsp3) is 0.417. The Kier molecular flexibility index (Phi) is 4.31. The number of aryl methyl sites for hydroxylation is 1. The molecule has 1 amide bonds. The molecule has 0 heterocycles. The van der Waals surface area contributed by atoms with Crippen molar-refractivity contribution >= 4 is 11.6 Å². The van der Waals surface area contributed by atoms with Crippen molar-refractivity contribution in [3.63, 3.8) is 0 Å². The summed E-state index contributed by atoms with van der Waals surface area (Å²) < 4.78 is 0. The molecule has 0 radical (unpaired) electrons. The van der Waals surface area contributed by atoms with E-state index in [1.54, 1.807) is 0 Å². The standard InChI is InChI=1S/C12H18N2O2/c1-3-14(7-12(13)16)11-5-4-10(8-15)9(2)6-11/h4-6,15H,3,7-8H2,1-2H3,(H2,13,16). The van der Waals surface area contributed by atoms with Crippen LogP contribution in [0.2, 0.25) is 0 Å². The number of hydrogen-bond acceptors (Lipinski definition) is 3. The van der Waals surface area contributed by atoms with Gasteiger partial charge in [0.1, 0.15) is 0 Å². The molecule has 0 fully saturated rings. The second-order valence-corrected chi connectivity index (χ2v) is 3.75. The predicted octanol–water partition coefficient (Wildman–Crippen LogP) is 0.799. The second kappa shape index (κ2) is 5.51. The third-order valence-electron chi connectivity index (χ3n) is 2.59. The lowest BCUT2D eigenvalue weighted by Crippen LogP contribution is -2.33. The number of hydrogen-bond donors (Lipinski definition) is 2. The molecule has 88 valence electrons. The van der Waals surface area contributed by atoms with Gasteiger partial charge in [-0.3, -0.25) is 4.79 Å². The van der Waals surface area contributed by atoms with E-state index in [1.165, 1.54) is 0 Å². The second-order valence-electron chi connectivity index (χ2n) is 3.75. The zero-order valence-corrected chi connectivity index (χ0v) is 9.73. The molecule has 4 nitrogen and oxygen atoms in total. The normalized spacial score (nSPS) is 10.2. The van der Waals surface area contributed by atoms with Crippen LogP contribution >= 0.6 is 0 Å². The van der Waals surface area contributed by atoms with Crippen LogP contribution in [-0.2, 0) is 11.4 Å². The molecule has 0 aromatic heterocycles. The molecule has 0 spiro atoms. The number of aliphatic hydroxyl groups excluding tert-OH is 1. The van der Waals surface area contributed by atoms with Gasteiger partial charge in [0.05, 0.1) is 13.2 Å². The van der Waals surface area contributed by atoms with Gasteiger partial charge in [0.2, 0.25) is 5.91 Å². The maximum Gasteiger partial charge on any atom is 0.236 e. The molecule has 0 saturated carbocycles. The summed E-state index contributed by atoms with van der Waals surface area (Å²) in [6.45, 7) is 4.88. The van der Waals surface area contributed by atoms with Crippen LogP contribution in [0.3, 0.4) is 0 Å². The number of aliphatic hydroxyl groups is 1. The van der Waals surface area contributed by atoms with Gasteiger partial charge in [-0.05, 0) is 37.1 Å². The Bertz CT molecular complexity index is 377. The zero-order valence-electron chi connectivity index (χ0n) is 9.73. The van der Waals surface area contributed by atoms with Crippen LogP contribution in [0.5, 0.6) is 0 Å². The molecule has 0 aliphatic heterocycles. The van der Waals surface area contributed by atoms with Crippen molar-refractivity contribution in [2.45, 2.75) is 20.5 Å². The van der Waals surface area contributed by atoms with Crippen LogP contribution in [0.15, 0.2) is 18.2 Å². The Morgan fingerprint density at radius 2 is 2.19 bits per heavy atom. The first-order chi connectivity index (χ1) is 7.58. The Labute approximate surface area is 95.7 Å². The van der Waals surface area contributed by atoms with E-state index in [9.17, 15) is 4.79 Å². The number of likely N-dealkylation sites (N-methyl/N-ethyl adjacent to an activating group) is 1. The molecule has 16 heavy (non-hydrogen) atoms. The van der Waals surface area contributed by atoms with Gasteiger partial charge < -0.3 is 15.7 Å². The van der Waals surface area contributed by atoms with Crippen molar-refractivity contribution in [3.8, 4) is 0 Å². The van der Waals surface area contributed by atoms with Gasteiger partial charge in [0.15, 0.2) is 0 Å². The van der Waals surface area contributed by atoms with Crippen molar-refractivity contribution in [2.75, 3.05) is 18.0 Å². The molecule has 0 bridgehead atoms. The first-order valence-corrected chi connectivity index (χ1v) is 5.32. The van der Waals surface area contributed by atoms with Gasteiger partial charge in [-0.1, -0.05) is 6.07 Å². The number of rotatable bonds is 5. The van der Waals surface area contributed by atoms with Crippen LogP contribution in [0.1, 0.15) is 18.1 Å². The van der Waals surface area contributed by atoms with Gasteiger partial charge >= 0.3 is 0 Å². The number of amides is 1. The highest BCUT2D eigenvalue weighted by Gasteiger charge is 2.08. The van der Waals surface area contributed by atoms with Gasteiger partial charge in [0.25, 0.3) is 0 Å². The monoisotopic (exact) mass is 222 g/mol. The molecule has 0 atom stereocenters. The van der Waals surface area contributed by atoms with Crippen LogP contribution < -0.4 is 10.6 Å². The van der Waals surface area contributed by atoms with Crippen LogP contribution in [0, 0.1) is 6.92 Å². The summed E-state index contributed by atoms with van der Waals surface area (Å²) in [5, 5.41) is 9.06. The largest absolute Gasteiger partial charge is 0.392 e. The van der Waals surface area contributed by atoms with E-state index in [1.807, 2.05) is 36.9 Å². The molecular formula is C12H18N2O2. The predicted molar refractivity (Wildman–Crippen MR) is 64.2 cm³/mol. The van der Waals surface area contributed by atoms with Crippen LogP contribution in [-0.4, -0.2) is 24.1 Å². The minimum atomic E-state index is -0.342. The number of nitrogens with two attached hydrogens (primary N) is 1. The number of primary amides is 1. The van der Waals surface area contributed by atoms with Gasteiger partial charge in [0, 0.05) is 12.2 Å². The highest BCUT2D eigenvalue weighted by Crippen LogP contribution is 2.18. The van der Waals surface area contributed by atoms with E-state index >= 15 is 0 Å². The summed E-state index contributed by atoms with van der Waals surface area (Å²) in [6, 6.07) is 5.72. The number of anilines is 1. The zero-order chi connectivity index (χ0) is 12.1. The third kappa shape index (κ3) is 2.97. The van der Waals surface area contributed by atoms with Crippen LogP contribution in [0.4, 0.5) is 5.69 Å². The summed E-state index contributed by atoms with van der Waals surface area (Å²) in [7, 11) is 0. The number of benzene rings is 1. The molecule has 1 aromatic rings. The average molecular weight is 222 g/mol. The van der Waals surface area contributed by atoms with E-state index < -0.39 is 0 Å². The Balaban J connectivity index is 2.93. The summed E-state index contributed by atoms with van der Waals surface area (Å²) in [6.07, 6.45) is 0. The lowest BCUT2D eigenvalue weighted by atomic mass is 10.1. The molecule has 0 aliphatic carbocycles. The van der Waals surface area contributed by atoms with Crippen molar-refractivity contribution in [3.05, 3.63) is 29.3 Å². The lowest BCUT2D eigenvalue weighted by molar-refractivity contribution is -0.116. The molecule has 0 aliphatic rings. The van der Waals surface area contributed by atoms with Crippen LogP contribution in [0.25, 0.3) is 0 Å². The number of carbonyl (C=O) groups excluding carboxylic acids is 1. The molecular weight excluding hydrogens is 204 g/mol. The minimum absolute atomic E-state index is 0.0358. The fourth-order valence-electron chi connectivity index (χ4n) is 1.63. The van der Waals surface area contributed by atoms with E-state index in [4.69, 9.17) is 10.8 Å². The average Bonchev–Trinajstić information content (AvgIpc) is 2.25. The highest BCUT2D eigenvalue weighted by molar-refractivity contribution is 5.79. The van der Waals surface area contributed by atoms with E-state index in [0.717, 1.165) is 23.4 Å². The minimum Gasteiger partial charge on any atom is -0.392 e. The highest BCUT2D eigenvalue weighted by atomic mass is 16.3. The SMILES string of the molecule is CCN(CC(N)=O)c1ccc(CO)c(C)c1. The van der Waals surface area contributed by atoms with Crippen molar-refractivity contribution < 1.29 is 9.90 Å². The Hall–Kier alpha value is -1.55. The molecule has 0 unspecified atom stereocenters. The first kappa shape index (κ1) is 12.5. The molecule has 3 N–H and O–H groups in total. The fourth-order valence-corrected chi connectivity index (χ4v) is 1.63. The van der Waals surface area contributed by atoms with Crippen molar-refractivity contribution in [2.24, 2.45) is 5.73 Å². The van der Waals surface area contributed by atoms with Crippen molar-refractivity contribution in [1.82, 2.24) is 0 Å². The van der Waals surface area contributed by atoms with E-state index in [0.29, 0.717) is 0 Å². The Morgan fingerprint density at radius 1 is 1.50 bits per heavy atom. The molecule has 1 rings (SSSR count). The van der Waals surface area contributed by atoms with Crippen molar-refractivity contribution in [1.29, 1.82) is 0 Å². The van der Waals surface area contributed by atoms with Gasteiger partial charge in [-0.25, -0.2) is 0 Å². The third-order valence-corrected chi connectivity index (χ3v) is 2.59. The lowest BCUT2D eigenvalue weighted by Gasteiger charge is -2.22. The number of carbonyl (C=O) groups is 1. The maximum atomic E-state index is 10.9. The Morgan fingerprint density at radius 3 is 2.62 bits per heavy atom. The number of nitrogens with zero attached hydrogens (tertiary/aromatic N) is 1.